The summed E-state index contributed by atoms with van der Waals surface area (Å²) in [6.45, 7) is 3.73. The van der Waals surface area contributed by atoms with Crippen molar-refractivity contribution < 1.29 is 25.1 Å². The lowest BCUT2D eigenvalue weighted by Gasteiger charge is -2.21. The SMILES string of the molecule is CC(C)C[C@@H](CP(=O)(O)C[NH3+])C(=O)[O-]. The maximum Gasteiger partial charge on any atom is 0.253 e. The van der Waals surface area contributed by atoms with Crippen molar-refractivity contribution in [3.8, 4) is 0 Å². The second-order valence-electron chi connectivity index (χ2n) is 3.90. The number of carboxylic acids is 1. The molecule has 84 valence electrons. The summed E-state index contributed by atoms with van der Waals surface area (Å²) in [5.74, 6) is -1.92. The first kappa shape index (κ1) is 13.6. The van der Waals surface area contributed by atoms with Crippen LogP contribution in [0.15, 0.2) is 0 Å². The highest BCUT2D eigenvalue weighted by Crippen LogP contribution is 2.40. The number of hydrogen-bond donors (Lipinski definition) is 2. The Morgan fingerprint density at radius 3 is 2.36 bits per heavy atom. The van der Waals surface area contributed by atoms with Gasteiger partial charge >= 0.3 is 0 Å². The molecular formula is C8H18NO4P. The zero-order chi connectivity index (χ0) is 11.4. The molecule has 0 aromatic carbocycles. The van der Waals surface area contributed by atoms with Gasteiger partial charge in [-0.05, 0) is 12.3 Å². The Morgan fingerprint density at radius 2 is 2.07 bits per heavy atom. The lowest BCUT2D eigenvalue weighted by Crippen LogP contribution is -2.50. The normalized spacial score (nSPS) is 17.8. The molecule has 0 saturated heterocycles. The number of quaternary nitrogens is 1. The van der Waals surface area contributed by atoms with Gasteiger partial charge in [-0.3, -0.25) is 4.57 Å². The summed E-state index contributed by atoms with van der Waals surface area (Å²) in [6.07, 6.45) is 0.0127. The smallest absolute Gasteiger partial charge is 0.253 e. The molecule has 4 N–H and O–H groups in total. The minimum Gasteiger partial charge on any atom is -0.550 e. The van der Waals surface area contributed by atoms with Gasteiger partial charge in [0.05, 0.1) is 0 Å². The molecule has 0 aliphatic carbocycles. The van der Waals surface area contributed by atoms with Crippen LogP contribution in [0.2, 0.25) is 0 Å². The van der Waals surface area contributed by atoms with E-state index in [9.17, 15) is 19.4 Å². The van der Waals surface area contributed by atoms with Crippen LogP contribution in [0, 0.1) is 11.8 Å². The maximum atomic E-state index is 11.3. The van der Waals surface area contributed by atoms with Crippen molar-refractivity contribution >= 4 is 13.3 Å². The van der Waals surface area contributed by atoms with E-state index in [1.54, 1.807) is 0 Å². The number of hydrogen-bond acceptors (Lipinski definition) is 3. The first-order valence-electron chi connectivity index (χ1n) is 4.59. The molecule has 0 aliphatic rings. The fourth-order valence-corrected chi connectivity index (χ4v) is 2.42. The predicted molar refractivity (Wildman–Crippen MR) is 50.4 cm³/mol. The van der Waals surface area contributed by atoms with Gasteiger partial charge in [0.15, 0.2) is 6.29 Å². The molecule has 0 bridgehead atoms. The van der Waals surface area contributed by atoms with Gasteiger partial charge in [-0.2, -0.15) is 0 Å². The maximum absolute atomic E-state index is 11.3. The molecule has 0 spiro atoms. The number of carboxylic acid groups (broad SMARTS) is 1. The Morgan fingerprint density at radius 1 is 1.57 bits per heavy atom. The number of aliphatic carboxylic acids is 1. The Hall–Kier alpha value is -0.380. The van der Waals surface area contributed by atoms with Crippen molar-refractivity contribution in [1.82, 2.24) is 0 Å². The largest absolute Gasteiger partial charge is 0.550 e. The Bertz CT molecular complexity index is 241. The van der Waals surface area contributed by atoms with Crippen LogP contribution in [0.3, 0.4) is 0 Å². The van der Waals surface area contributed by atoms with Gasteiger partial charge in [-0.1, -0.05) is 13.8 Å². The number of carbonyl (C=O) groups is 1. The van der Waals surface area contributed by atoms with Crippen LogP contribution in [0.4, 0.5) is 0 Å². The van der Waals surface area contributed by atoms with Crippen molar-refractivity contribution in [1.29, 1.82) is 0 Å². The third-order valence-corrected chi connectivity index (χ3v) is 3.65. The van der Waals surface area contributed by atoms with Crippen molar-refractivity contribution in [3.05, 3.63) is 0 Å². The van der Waals surface area contributed by atoms with Crippen molar-refractivity contribution in [3.63, 3.8) is 0 Å². The van der Waals surface area contributed by atoms with Gasteiger partial charge in [0, 0.05) is 18.0 Å². The van der Waals surface area contributed by atoms with Crippen LogP contribution >= 0.6 is 7.37 Å². The molecule has 0 aromatic rings. The van der Waals surface area contributed by atoms with Crippen molar-refractivity contribution in [2.45, 2.75) is 20.3 Å². The van der Waals surface area contributed by atoms with Gasteiger partial charge < -0.3 is 20.5 Å². The summed E-state index contributed by atoms with van der Waals surface area (Å²) in [7, 11) is -3.37. The molecule has 0 radical (unpaired) electrons. The Kier molecular flexibility index (Phi) is 5.34. The van der Waals surface area contributed by atoms with E-state index in [-0.39, 0.29) is 18.4 Å². The molecule has 5 nitrogen and oxygen atoms in total. The fraction of sp³-hybridized carbons (Fsp3) is 0.875. The van der Waals surface area contributed by atoms with Crippen LogP contribution in [0.5, 0.6) is 0 Å². The Labute approximate surface area is 83.8 Å². The topological polar surface area (TPSA) is 105 Å². The first-order valence-corrected chi connectivity index (χ1v) is 6.62. The molecule has 6 heteroatoms. The molecule has 0 aromatic heterocycles. The van der Waals surface area contributed by atoms with E-state index in [0.29, 0.717) is 6.42 Å². The molecule has 0 heterocycles. The average molecular weight is 223 g/mol. The van der Waals surface area contributed by atoms with Crippen molar-refractivity contribution in [2.75, 3.05) is 12.4 Å². The highest BCUT2D eigenvalue weighted by Gasteiger charge is 2.25. The molecule has 0 rings (SSSR count). The third-order valence-electron chi connectivity index (χ3n) is 1.94. The fourth-order valence-electron chi connectivity index (χ4n) is 1.25. The van der Waals surface area contributed by atoms with E-state index in [0.717, 1.165) is 0 Å². The summed E-state index contributed by atoms with van der Waals surface area (Å²) < 4.78 is 11.3. The van der Waals surface area contributed by atoms with Crippen LogP contribution in [0.25, 0.3) is 0 Å². The first-order chi connectivity index (χ1) is 6.28. The van der Waals surface area contributed by atoms with E-state index in [4.69, 9.17) is 0 Å². The van der Waals surface area contributed by atoms with Crippen LogP contribution in [-0.2, 0) is 9.36 Å². The molecular weight excluding hydrogens is 205 g/mol. The molecule has 0 saturated carbocycles. The zero-order valence-electron chi connectivity index (χ0n) is 8.60. The summed E-state index contributed by atoms with van der Waals surface area (Å²) in [4.78, 5) is 19.9. The summed E-state index contributed by atoms with van der Waals surface area (Å²) >= 11 is 0. The third kappa shape index (κ3) is 5.37. The van der Waals surface area contributed by atoms with Gasteiger partial charge in [0.1, 0.15) is 0 Å². The minimum atomic E-state index is -3.37. The highest BCUT2D eigenvalue weighted by molar-refractivity contribution is 7.57. The molecule has 0 fully saturated rings. The quantitative estimate of drug-likeness (QED) is 0.555. The molecule has 1 unspecified atom stereocenters. The van der Waals surface area contributed by atoms with E-state index < -0.39 is 19.3 Å². The average Bonchev–Trinajstić information content (AvgIpc) is 2.02. The molecule has 0 amide bonds. The van der Waals surface area contributed by atoms with Crippen LogP contribution in [-0.4, -0.2) is 23.3 Å². The second kappa shape index (κ2) is 5.49. The van der Waals surface area contributed by atoms with E-state index in [2.05, 4.69) is 5.73 Å². The lowest BCUT2D eigenvalue weighted by atomic mass is 9.99. The van der Waals surface area contributed by atoms with Crippen LogP contribution in [0.1, 0.15) is 20.3 Å². The van der Waals surface area contributed by atoms with Crippen molar-refractivity contribution in [2.24, 2.45) is 11.8 Å². The summed E-state index contributed by atoms with van der Waals surface area (Å²) in [5.41, 5.74) is 3.32. The predicted octanol–water partition coefficient (Wildman–Crippen LogP) is -1.13. The van der Waals surface area contributed by atoms with E-state index >= 15 is 0 Å². The van der Waals surface area contributed by atoms with E-state index in [1.807, 2.05) is 13.8 Å². The van der Waals surface area contributed by atoms with Gasteiger partial charge in [-0.25, -0.2) is 0 Å². The molecule has 0 aliphatic heterocycles. The summed E-state index contributed by atoms with van der Waals surface area (Å²) in [5, 5.41) is 10.7. The van der Waals surface area contributed by atoms with Gasteiger partial charge in [0.25, 0.3) is 7.37 Å². The second-order valence-corrected chi connectivity index (χ2v) is 6.40. The highest BCUT2D eigenvalue weighted by atomic mass is 31.2. The van der Waals surface area contributed by atoms with Gasteiger partial charge in [-0.15, -0.1) is 0 Å². The number of rotatable bonds is 6. The Balaban J connectivity index is 4.38. The van der Waals surface area contributed by atoms with Gasteiger partial charge in [0.2, 0.25) is 0 Å². The lowest BCUT2D eigenvalue weighted by molar-refractivity contribution is -0.343. The monoisotopic (exact) mass is 223 g/mol. The minimum absolute atomic E-state index is 0.130. The van der Waals surface area contributed by atoms with Crippen LogP contribution < -0.4 is 10.8 Å². The number of carbonyl (C=O) groups excluding carboxylic acids is 1. The molecule has 14 heavy (non-hydrogen) atoms. The summed E-state index contributed by atoms with van der Waals surface area (Å²) in [6, 6.07) is 0. The molecule has 2 atom stereocenters. The zero-order valence-corrected chi connectivity index (χ0v) is 9.50. The van der Waals surface area contributed by atoms with E-state index in [1.165, 1.54) is 0 Å². The standard InChI is InChI=1S/C8H18NO4P/c1-6(2)3-7(8(10)11)4-14(12,13)5-9/h6-7H,3-5,9H2,1-2H3,(H,10,11)(H,12,13)/t7-/m0/s1.